The van der Waals surface area contributed by atoms with Crippen LogP contribution >= 0.6 is 24.0 Å². The molecule has 1 aliphatic heterocycles. The topological polar surface area (TPSA) is 59.9 Å². The van der Waals surface area contributed by atoms with Crippen LogP contribution in [0, 0.1) is 5.92 Å². The Morgan fingerprint density at radius 1 is 1.18 bits per heavy atom. The Hall–Kier alpha value is -0.860. The number of unbranched alkanes of at least 4 members (excludes halogenated alkanes) is 1. The standard InChI is InChI=1S/C22H38N4O.HI/c1-3-23-22(25-15-11-21(27)20-9-5-4-6-10-20)24-14-7-8-16-26-17-12-19(2)13-18-26;/h4-6,9-10,19,21,27H,3,7-8,11-18H2,1-2H3,(H2,23,24,25);1H. The molecule has 0 aromatic heterocycles. The molecule has 2 rings (SSSR count). The van der Waals surface area contributed by atoms with E-state index in [2.05, 4.69) is 34.4 Å². The molecule has 1 heterocycles. The summed E-state index contributed by atoms with van der Waals surface area (Å²) < 4.78 is 0. The summed E-state index contributed by atoms with van der Waals surface area (Å²) in [6.07, 6.45) is 5.26. The van der Waals surface area contributed by atoms with Crippen molar-refractivity contribution in [2.45, 2.75) is 52.1 Å². The number of nitrogens with one attached hydrogen (secondary N) is 2. The fourth-order valence-corrected chi connectivity index (χ4v) is 3.43. The molecule has 1 aromatic carbocycles. The number of guanidine groups is 1. The molecule has 1 unspecified atom stereocenters. The number of aliphatic imine (C=N–C) groups is 1. The summed E-state index contributed by atoms with van der Waals surface area (Å²) in [5.41, 5.74) is 0.966. The fourth-order valence-electron chi connectivity index (χ4n) is 3.43. The smallest absolute Gasteiger partial charge is 0.191 e. The van der Waals surface area contributed by atoms with E-state index in [0.29, 0.717) is 13.0 Å². The second-order valence-electron chi connectivity index (χ2n) is 7.63. The lowest BCUT2D eigenvalue weighted by Gasteiger charge is -2.30. The summed E-state index contributed by atoms with van der Waals surface area (Å²) in [5.74, 6) is 1.75. The Bertz CT molecular complexity index is 533. The minimum atomic E-state index is -0.436. The van der Waals surface area contributed by atoms with Gasteiger partial charge in [-0.25, -0.2) is 0 Å². The van der Waals surface area contributed by atoms with Crippen LogP contribution in [-0.2, 0) is 0 Å². The van der Waals surface area contributed by atoms with Crippen LogP contribution in [0.3, 0.4) is 0 Å². The van der Waals surface area contributed by atoms with Crippen molar-refractivity contribution in [3.8, 4) is 0 Å². The molecular weight excluding hydrogens is 463 g/mol. The second kappa shape index (κ2) is 15.0. The van der Waals surface area contributed by atoms with E-state index in [4.69, 9.17) is 0 Å². The van der Waals surface area contributed by atoms with Gasteiger partial charge in [-0.2, -0.15) is 0 Å². The van der Waals surface area contributed by atoms with Crippen LogP contribution < -0.4 is 10.6 Å². The van der Waals surface area contributed by atoms with Crippen LogP contribution in [0.2, 0.25) is 0 Å². The van der Waals surface area contributed by atoms with Crippen LogP contribution in [-0.4, -0.2) is 55.2 Å². The first-order chi connectivity index (χ1) is 13.2. The Balaban J connectivity index is 0.00000392. The maximum Gasteiger partial charge on any atom is 0.191 e. The van der Waals surface area contributed by atoms with Gasteiger partial charge in [0.1, 0.15) is 0 Å². The van der Waals surface area contributed by atoms with Crippen LogP contribution in [0.5, 0.6) is 0 Å². The minimum Gasteiger partial charge on any atom is -0.388 e. The molecule has 5 nitrogen and oxygen atoms in total. The van der Waals surface area contributed by atoms with Gasteiger partial charge in [0.15, 0.2) is 5.96 Å². The van der Waals surface area contributed by atoms with Crippen LogP contribution in [0.15, 0.2) is 35.3 Å². The Morgan fingerprint density at radius 2 is 1.89 bits per heavy atom. The van der Waals surface area contributed by atoms with Gasteiger partial charge < -0.3 is 20.6 Å². The molecular formula is C22H39IN4O. The molecule has 0 spiro atoms. The number of nitrogens with zero attached hydrogens (tertiary/aromatic N) is 2. The molecule has 1 aromatic rings. The van der Waals surface area contributed by atoms with Crippen molar-refractivity contribution in [2.24, 2.45) is 10.9 Å². The molecule has 1 saturated heterocycles. The predicted octanol–water partition coefficient (Wildman–Crippen LogP) is 3.80. The predicted molar refractivity (Wildman–Crippen MR) is 129 cm³/mol. The van der Waals surface area contributed by atoms with E-state index in [-0.39, 0.29) is 24.0 Å². The zero-order valence-corrected chi connectivity index (χ0v) is 19.9. The summed E-state index contributed by atoms with van der Waals surface area (Å²) in [5, 5.41) is 16.9. The monoisotopic (exact) mass is 502 g/mol. The number of hydrogen-bond acceptors (Lipinski definition) is 3. The van der Waals surface area contributed by atoms with Crippen molar-refractivity contribution in [3.05, 3.63) is 35.9 Å². The normalized spacial score (nSPS) is 17.0. The summed E-state index contributed by atoms with van der Waals surface area (Å²) in [4.78, 5) is 7.27. The number of aliphatic hydroxyl groups is 1. The Kier molecular flexibility index (Phi) is 13.5. The molecule has 1 fully saturated rings. The third-order valence-corrected chi connectivity index (χ3v) is 5.27. The maximum absolute atomic E-state index is 10.2. The quantitative estimate of drug-likeness (QED) is 0.197. The van der Waals surface area contributed by atoms with Crippen molar-refractivity contribution in [1.82, 2.24) is 15.5 Å². The highest BCUT2D eigenvalue weighted by Gasteiger charge is 2.14. The zero-order chi connectivity index (χ0) is 19.3. The molecule has 3 N–H and O–H groups in total. The van der Waals surface area contributed by atoms with E-state index in [0.717, 1.165) is 37.0 Å². The lowest BCUT2D eigenvalue weighted by Crippen LogP contribution is -2.38. The lowest BCUT2D eigenvalue weighted by atomic mass is 9.99. The highest BCUT2D eigenvalue weighted by Crippen LogP contribution is 2.16. The van der Waals surface area contributed by atoms with Crippen molar-refractivity contribution in [2.75, 3.05) is 39.3 Å². The van der Waals surface area contributed by atoms with E-state index in [9.17, 15) is 5.11 Å². The Labute approximate surface area is 188 Å². The van der Waals surface area contributed by atoms with E-state index in [1.807, 2.05) is 30.3 Å². The maximum atomic E-state index is 10.2. The first-order valence-electron chi connectivity index (χ1n) is 10.7. The van der Waals surface area contributed by atoms with E-state index in [1.165, 1.54) is 38.9 Å². The molecule has 1 aliphatic rings. The van der Waals surface area contributed by atoms with Crippen LogP contribution in [0.1, 0.15) is 57.6 Å². The van der Waals surface area contributed by atoms with Crippen LogP contribution in [0.4, 0.5) is 0 Å². The molecule has 0 radical (unpaired) electrons. The average Bonchev–Trinajstić information content (AvgIpc) is 2.69. The summed E-state index contributed by atoms with van der Waals surface area (Å²) in [7, 11) is 0. The molecule has 0 amide bonds. The van der Waals surface area contributed by atoms with Crippen molar-refractivity contribution >= 4 is 29.9 Å². The van der Waals surface area contributed by atoms with Gasteiger partial charge in [0.05, 0.1) is 6.10 Å². The number of aliphatic hydroxyl groups excluding tert-OH is 1. The van der Waals surface area contributed by atoms with Crippen LogP contribution in [0.25, 0.3) is 0 Å². The number of likely N-dealkylation sites (tertiary alicyclic amines) is 1. The highest BCUT2D eigenvalue weighted by molar-refractivity contribution is 14.0. The van der Waals surface area contributed by atoms with Crippen molar-refractivity contribution in [1.29, 1.82) is 0 Å². The van der Waals surface area contributed by atoms with Gasteiger partial charge in [0.2, 0.25) is 0 Å². The van der Waals surface area contributed by atoms with E-state index in [1.54, 1.807) is 0 Å². The number of benzene rings is 1. The molecule has 0 saturated carbocycles. The van der Waals surface area contributed by atoms with Gasteiger partial charge in [0.25, 0.3) is 0 Å². The van der Waals surface area contributed by atoms with Gasteiger partial charge in [-0.15, -0.1) is 24.0 Å². The third-order valence-electron chi connectivity index (χ3n) is 5.27. The van der Waals surface area contributed by atoms with E-state index < -0.39 is 6.10 Å². The Morgan fingerprint density at radius 3 is 2.57 bits per heavy atom. The number of hydrogen-bond donors (Lipinski definition) is 3. The largest absolute Gasteiger partial charge is 0.388 e. The molecule has 28 heavy (non-hydrogen) atoms. The molecule has 0 bridgehead atoms. The van der Waals surface area contributed by atoms with Crippen molar-refractivity contribution < 1.29 is 5.11 Å². The average molecular weight is 502 g/mol. The third kappa shape index (κ3) is 10.1. The summed E-state index contributed by atoms with van der Waals surface area (Å²) in [6.45, 7) is 10.6. The molecule has 6 heteroatoms. The fraction of sp³-hybridized carbons (Fsp3) is 0.682. The first-order valence-corrected chi connectivity index (χ1v) is 10.7. The van der Waals surface area contributed by atoms with Gasteiger partial charge in [-0.1, -0.05) is 37.3 Å². The number of piperidine rings is 1. The van der Waals surface area contributed by atoms with E-state index >= 15 is 0 Å². The molecule has 160 valence electrons. The summed E-state index contributed by atoms with van der Waals surface area (Å²) in [6, 6.07) is 9.82. The first kappa shape index (κ1) is 25.2. The SMILES string of the molecule is CCNC(=NCCCCN1CCC(C)CC1)NCCC(O)c1ccccc1.I. The minimum absolute atomic E-state index is 0. The molecule has 0 aliphatic carbocycles. The second-order valence-corrected chi connectivity index (χ2v) is 7.63. The highest BCUT2D eigenvalue weighted by atomic mass is 127. The summed E-state index contributed by atoms with van der Waals surface area (Å²) >= 11 is 0. The van der Waals surface area contributed by atoms with Gasteiger partial charge >= 0.3 is 0 Å². The van der Waals surface area contributed by atoms with Gasteiger partial charge in [-0.05, 0) is 70.1 Å². The zero-order valence-electron chi connectivity index (χ0n) is 17.6. The number of halogens is 1. The lowest BCUT2D eigenvalue weighted by molar-refractivity contribution is 0.168. The van der Waals surface area contributed by atoms with Gasteiger partial charge in [0, 0.05) is 19.6 Å². The van der Waals surface area contributed by atoms with Crippen molar-refractivity contribution in [3.63, 3.8) is 0 Å². The molecule has 1 atom stereocenters. The van der Waals surface area contributed by atoms with Gasteiger partial charge in [-0.3, -0.25) is 4.99 Å². The number of rotatable bonds is 10.